The van der Waals surface area contributed by atoms with Crippen molar-refractivity contribution in [3.05, 3.63) is 48.0 Å². The summed E-state index contributed by atoms with van der Waals surface area (Å²) in [5, 5.41) is 21.2. The Labute approximate surface area is 120 Å². The average Bonchev–Trinajstić information content (AvgIpc) is 2.79. The number of benzene rings is 1. The van der Waals surface area contributed by atoms with Crippen LogP contribution in [0, 0.1) is 0 Å². The second-order valence-electron chi connectivity index (χ2n) is 4.32. The van der Waals surface area contributed by atoms with Crippen LogP contribution in [-0.2, 0) is 4.79 Å². The van der Waals surface area contributed by atoms with Gasteiger partial charge in [-0.25, -0.2) is 4.79 Å². The van der Waals surface area contributed by atoms with E-state index in [4.69, 9.17) is 4.84 Å². The molecule has 0 saturated carbocycles. The first kappa shape index (κ1) is 14.4. The number of aromatic nitrogens is 1. The minimum absolute atomic E-state index is 0.406. The fourth-order valence-electron chi connectivity index (χ4n) is 1.59. The maximum atomic E-state index is 11.9. The number of rotatable bonds is 4. The van der Waals surface area contributed by atoms with Crippen LogP contribution in [0.2, 0.25) is 0 Å². The highest BCUT2D eigenvalue weighted by atomic mass is 16.7. The summed E-state index contributed by atoms with van der Waals surface area (Å²) >= 11 is 0. The highest BCUT2D eigenvalue weighted by Gasteiger charge is 2.21. The molecule has 3 N–H and O–H groups in total. The molecule has 0 spiro atoms. The molecule has 110 valence electrons. The van der Waals surface area contributed by atoms with Crippen molar-refractivity contribution < 1.29 is 24.6 Å². The molecule has 7 heteroatoms. The van der Waals surface area contributed by atoms with Gasteiger partial charge < -0.3 is 20.4 Å². The SMILES string of the molecule is C[C@@H](NC(=O)c1ccccc1)C(=O)On1c(O)ccc1O. The molecule has 21 heavy (non-hydrogen) atoms. The molecule has 0 aliphatic rings. The van der Waals surface area contributed by atoms with Gasteiger partial charge >= 0.3 is 5.97 Å². The maximum absolute atomic E-state index is 11.9. The molecule has 1 atom stereocenters. The van der Waals surface area contributed by atoms with Crippen LogP contribution in [0.25, 0.3) is 0 Å². The lowest BCUT2D eigenvalue weighted by atomic mass is 10.2. The summed E-state index contributed by atoms with van der Waals surface area (Å²) in [6, 6.07) is 9.76. The highest BCUT2D eigenvalue weighted by Crippen LogP contribution is 2.18. The van der Waals surface area contributed by atoms with Crippen molar-refractivity contribution in [3.63, 3.8) is 0 Å². The van der Waals surface area contributed by atoms with Gasteiger partial charge in [-0.1, -0.05) is 18.2 Å². The van der Waals surface area contributed by atoms with E-state index in [-0.39, 0.29) is 0 Å². The predicted molar refractivity (Wildman–Crippen MR) is 72.7 cm³/mol. The van der Waals surface area contributed by atoms with Crippen molar-refractivity contribution >= 4 is 11.9 Å². The molecule has 0 aliphatic carbocycles. The van der Waals surface area contributed by atoms with Gasteiger partial charge in [0.1, 0.15) is 6.04 Å². The molecule has 1 heterocycles. The number of aromatic hydroxyl groups is 2. The Morgan fingerprint density at radius 3 is 2.24 bits per heavy atom. The van der Waals surface area contributed by atoms with Crippen LogP contribution in [-0.4, -0.2) is 32.9 Å². The van der Waals surface area contributed by atoms with E-state index in [2.05, 4.69) is 5.32 Å². The Hall–Kier alpha value is -2.96. The third-order valence-corrected chi connectivity index (χ3v) is 2.72. The van der Waals surface area contributed by atoms with Gasteiger partial charge in [-0.2, -0.15) is 0 Å². The van der Waals surface area contributed by atoms with E-state index in [9.17, 15) is 19.8 Å². The summed E-state index contributed by atoms with van der Waals surface area (Å²) in [6.07, 6.45) is 0. The topological polar surface area (TPSA) is 101 Å². The van der Waals surface area contributed by atoms with Crippen LogP contribution in [0.4, 0.5) is 0 Å². The van der Waals surface area contributed by atoms with Crippen LogP contribution < -0.4 is 10.2 Å². The lowest BCUT2D eigenvalue weighted by Gasteiger charge is -2.13. The van der Waals surface area contributed by atoms with E-state index in [0.29, 0.717) is 10.3 Å². The number of carbonyl (C=O) groups excluding carboxylic acids is 2. The Morgan fingerprint density at radius 1 is 1.10 bits per heavy atom. The van der Waals surface area contributed by atoms with Crippen molar-refractivity contribution in [2.75, 3.05) is 0 Å². The molecule has 1 aromatic carbocycles. The van der Waals surface area contributed by atoms with Crippen LogP contribution in [0.15, 0.2) is 42.5 Å². The Morgan fingerprint density at radius 2 is 1.67 bits per heavy atom. The van der Waals surface area contributed by atoms with E-state index in [0.717, 1.165) is 12.1 Å². The minimum Gasteiger partial charge on any atom is -0.492 e. The summed E-state index contributed by atoms with van der Waals surface area (Å²) in [5.74, 6) is -2.12. The quantitative estimate of drug-likeness (QED) is 0.768. The van der Waals surface area contributed by atoms with Crippen molar-refractivity contribution in [2.45, 2.75) is 13.0 Å². The van der Waals surface area contributed by atoms with Gasteiger partial charge in [0.05, 0.1) is 0 Å². The molecule has 1 aromatic heterocycles. The fraction of sp³-hybridized carbons (Fsp3) is 0.143. The monoisotopic (exact) mass is 290 g/mol. The number of nitrogens with one attached hydrogen (secondary N) is 1. The van der Waals surface area contributed by atoms with Gasteiger partial charge in [0.25, 0.3) is 5.91 Å². The average molecular weight is 290 g/mol. The zero-order chi connectivity index (χ0) is 15.4. The van der Waals surface area contributed by atoms with Gasteiger partial charge in [-0.15, -0.1) is 4.73 Å². The second kappa shape index (κ2) is 6.00. The highest BCUT2D eigenvalue weighted by molar-refractivity contribution is 5.96. The Bertz CT molecular complexity index is 631. The van der Waals surface area contributed by atoms with Crippen molar-refractivity contribution in [1.82, 2.24) is 10.0 Å². The van der Waals surface area contributed by atoms with Crippen LogP contribution in [0.3, 0.4) is 0 Å². The van der Waals surface area contributed by atoms with Crippen LogP contribution in [0.5, 0.6) is 11.8 Å². The number of nitrogens with zero attached hydrogens (tertiary/aromatic N) is 1. The molecule has 0 aliphatic heterocycles. The van der Waals surface area contributed by atoms with Crippen molar-refractivity contribution in [3.8, 4) is 11.8 Å². The first-order chi connectivity index (χ1) is 9.99. The van der Waals surface area contributed by atoms with Gasteiger partial charge in [0.2, 0.25) is 11.8 Å². The summed E-state index contributed by atoms with van der Waals surface area (Å²) < 4.78 is 0.563. The number of hydrogen-bond donors (Lipinski definition) is 3. The van der Waals surface area contributed by atoms with Crippen molar-refractivity contribution in [1.29, 1.82) is 0 Å². The lowest BCUT2D eigenvalue weighted by Crippen LogP contribution is -2.42. The maximum Gasteiger partial charge on any atom is 0.354 e. The summed E-state index contributed by atoms with van der Waals surface area (Å²) in [7, 11) is 0. The van der Waals surface area contributed by atoms with Gasteiger partial charge in [0.15, 0.2) is 0 Å². The Kier molecular flexibility index (Phi) is 4.13. The van der Waals surface area contributed by atoms with E-state index < -0.39 is 29.7 Å². The van der Waals surface area contributed by atoms with Crippen LogP contribution >= 0.6 is 0 Å². The molecule has 0 fully saturated rings. The number of hydrogen-bond acceptors (Lipinski definition) is 5. The van der Waals surface area contributed by atoms with Crippen molar-refractivity contribution in [2.24, 2.45) is 0 Å². The molecule has 0 unspecified atom stereocenters. The normalized spacial score (nSPS) is 11.7. The minimum atomic E-state index is -0.959. The second-order valence-corrected chi connectivity index (χ2v) is 4.32. The van der Waals surface area contributed by atoms with Gasteiger partial charge in [-0.05, 0) is 19.1 Å². The molecule has 7 nitrogen and oxygen atoms in total. The zero-order valence-corrected chi connectivity index (χ0v) is 11.2. The van der Waals surface area contributed by atoms with Crippen LogP contribution in [0.1, 0.15) is 17.3 Å². The lowest BCUT2D eigenvalue weighted by molar-refractivity contribution is -0.147. The molecule has 2 rings (SSSR count). The van der Waals surface area contributed by atoms with E-state index in [1.807, 2.05) is 0 Å². The number of amides is 1. The van der Waals surface area contributed by atoms with E-state index in [1.165, 1.54) is 6.92 Å². The molecule has 0 saturated heterocycles. The third kappa shape index (κ3) is 3.33. The van der Waals surface area contributed by atoms with E-state index in [1.54, 1.807) is 30.3 Å². The molecular formula is C14H14N2O5. The van der Waals surface area contributed by atoms with Gasteiger partial charge in [-0.3, -0.25) is 4.79 Å². The Balaban J connectivity index is 1.99. The smallest absolute Gasteiger partial charge is 0.354 e. The molecule has 1 amide bonds. The van der Waals surface area contributed by atoms with Gasteiger partial charge in [0, 0.05) is 17.7 Å². The molecule has 0 bridgehead atoms. The zero-order valence-electron chi connectivity index (χ0n) is 11.2. The molecule has 0 radical (unpaired) electrons. The summed E-state index contributed by atoms with van der Waals surface area (Å²) in [6.45, 7) is 1.43. The number of carbonyl (C=O) groups is 2. The van der Waals surface area contributed by atoms with E-state index >= 15 is 0 Å². The standard InChI is InChI=1S/C14H14N2O5/c1-9(15-13(19)10-5-3-2-4-6-10)14(20)21-16-11(17)7-8-12(16)18/h2-9,17-18H,1H3,(H,15,19)/t9-/m1/s1. The third-order valence-electron chi connectivity index (χ3n) is 2.72. The first-order valence-corrected chi connectivity index (χ1v) is 6.17. The summed E-state index contributed by atoms with van der Waals surface area (Å²) in [4.78, 5) is 28.5. The fourth-order valence-corrected chi connectivity index (χ4v) is 1.59. The molecule has 2 aromatic rings. The largest absolute Gasteiger partial charge is 0.492 e. The first-order valence-electron chi connectivity index (χ1n) is 6.17. The molecular weight excluding hydrogens is 276 g/mol. The summed E-state index contributed by atoms with van der Waals surface area (Å²) in [5.41, 5.74) is 0.406. The predicted octanol–water partition coefficient (Wildman–Crippen LogP) is 0.673.